The van der Waals surface area contributed by atoms with Gasteiger partial charge < -0.3 is 5.73 Å². The van der Waals surface area contributed by atoms with Gasteiger partial charge in [0.2, 0.25) is 0 Å². The third-order valence-corrected chi connectivity index (χ3v) is 4.18. The van der Waals surface area contributed by atoms with Crippen LogP contribution in [0.1, 0.15) is 53.4 Å². The van der Waals surface area contributed by atoms with E-state index in [2.05, 4.69) is 32.6 Å². The molecule has 2 atom stereocenters. The van der Waals surface area contributed by atoms with Gasteiger partial charge in [-0.2, -0.15) is 0 Å². The summed E-state index contributed by atoms with van der Waals surface area (Å²) in [6, 6.07) is 0.619. The molecule has 1 aliphatic carbocycles. The minimum atomic E-state index is 0.296. The molecule has 0 bridgehead atoms. The fourth-order valence-corrected chi connectivity index (χ4v) is 3.31. The highest BCUT2D eigenvalue weighted by molar-refractivity contribution is 5.01. The van der Waals surface area contributed by atoms with Gasteiger partial charge in [0.05, 0.1) is 0 Å². The second-order valence-corrected chi connectivity index (χ2v) is 5.39. The summed E-state index contributed by atoms with van der Waals surface area (Å²) in [7, 11) is 0. The van der Waals surface area contributed by atoms with Gasteiger partial charge in [-0.1, -0.05) is 20.3 Å². The quantitative estimate of drug-likeness (QED) is 0.759. The number of hydrogen-bond acceptors (Lipinski definition) is 2. The molecule has 0 aromatic rings. The Kier molecular flexibility index (Phi) is 4.60. The zero-order valence-electron chi connectivity index (χ0n) is 10.9. The van der Waals surface area contributed by atoms with E-state index in [0.29, 0.717) is 11.6 Å². The summed E-state index contributed by atoms with van der Waals surface area (Å²) in [6.45, 7) is 11.3. The Labute approximate surface area is 95.2 Å². The molecule has 0 aromatic heterocycles. The number of nitrogens with zero attached hydrogens (tertiary/aromatic N) is 1. The zero-order chi connectivity index (χ0) is 11.5. The Morgan fingerprint density at radius 1 is 1.47 bits per heavy atom. The van der Waals surface area contributed by atoms with Crippen molar-refractivity contribution in [2.45, 2.75) is 65.0 Å². The van der Waals surface area contributed by atoms with Crippen molar-refractivity contribution < 1.29 is 0 Å². The third-order valence-electron chi connectivity index (χ3n) is 4.18. The fraction of sp³-hybridized carbons (Fsp3) is 1.00. The van der Waals surface area contributed by atoms with E-state index in [9.17, 15) is 0 Å². The molecule has 0 heterocycles. The standard InChI is InChI=1S/C13H28N2/c1-5-9-15(11(2)3)13(10-14)8-6-7-12(13)4/h11-12H,5-10,14H2,1-4H3. The van der Waals surface area contributed by atoms with Crippen molar-refractivity contribution in [3.63, 3.8) is 0 Å². The van der Waals surface area contributed by atoms with Crippen molar-refractivity contribution >= 4 is 0 Å². The molecule has 2 nitrogen and oxygen atoms in total. The van der Waals surface area contributed by atoms with Gasteiger partial charge in [0.15, 0.2) is 0 Å². The minimum Gasteiger partial charge on any atom is -0.329 e. The monoisotopic (exact) mass is 212 g/mol. The predicted octanol–water partition coefficient (Wildman–Crippen LogP) is 2.62. The topological polar surface area (TPSA) is 29.3 Å². The van der Waals surface area contributed by atoms with E-state index in [1.165, 1.54) is 32.2 Å². The van der Waals surface area contributed by atoms with E-state index in [-0.39, 0.29) is 0 Å². The van der Waals surface area contributed by atoms with E-state index in [1.54, 1.807) is 0 Å². The van der Waals surface area contributed by atoms with Gasteiger partial charge >= 0.3 is 0 Å². The summed E-state index contributed by atoms with van der Waals surface area (Å²) in [5.74, 6) is 0.761. The molecule has 90 valence electrons. The first kappa shape index (κ1) is 13.0. The molecule has 0 amide bonds. The van der Waals surface area contributed by atoms with Crippen LogP contribution in [0.2, 0.25) is 0 Å². The molecule has 0 saturated heterocycles. The van der Waals surface area contributed by atoms with Gasteiger partial charge in [-0.05, 0) is 45.6 Å². The van der Waals surface area contributed by atoms with Crippen LogP contribution in [0.25, 0.3) is 0 Å². The maximum Gasteiger partial charge on any atom is 0.0359 e. The predicted molar refractivity (Wildman–Crippen MR) is 66.9 cm³/mol. The summed E-state index contributed by atoms with van der Waals surface area (Å²) in [6.07, 6.45) is 5.23. The van der Waals surface area contributed by atoms with Gasteiger partial charge in [-0.15, -0.1) is 0 Å². The van der Waals surface area contributed by atoms with Gasteiger partial charge in [0, 0.05) is 18.1 Å². The summed E-state index contributed by atoms with van der Waals surface area (Å²) >= 11 is 0. The Morgan fingerprint density at radius 3 is 2.47 bits per heavy atom. The first-order chi connectivity index (χ1) is 7.08. The Hall–Kier alpha value is -0.0800. The van der Waals surface area contributed by atoms with Crippen LogP contribution >= 0.6 is 0 Å². The molecule has 2 N–H and O–H groups in total. The average Bonchev–Trinajstić information content (AvgIpc) is 2.57. The lowest BCUT2D eigenvalue weighted by molar-refractivity contribution is 0.0352. The third kappa shape index (κ3) is 2.36. The van der Waals surface area contributed by atoms with E-state index in [1.807, 2.05) is 0 Å². The van der Waals surface area contributed by atoms with Crippen molar-refractivity contribution in [2.75, 3.05) is 13.1 Å². The van der Waals surface area contributed by atoms with Gasteiger partial charge in [0.1, 0.15) is 0 Å². The molecular weight excluding hydrogens is 184 g/mol. The highest BCUT2D eigenvalue weighted by atomic mass is 15.2. The number of rotatable bonds is 5. The molecule has 0 aliphatic heterocycles. The molecule has 1 rings (SSSR count). The fourth-order valence-electron chi connectivity index (χ4n) is 3.31. The van der Waals surface area contributed by atoms with Crippen molar-refractivity contribution in [3.05, 3.63) is 0 Å². The first-order valence-corrected chi connectivity index (χ1v) is 6.55. The lowest BCUT2D eigenvalue weighted by Crippen LogP contribution is -2.58. The molecule has 0 spiro atoms. The maximum atomic E-state index is 6.09. The second kappa shape index (κ2) is 5.31. The minimum absolute atomic E-state index is 0.296. The molecular formula is C13H28N2. The summed E-state index contributed by atoms with van der Waals surface area (Å²) in [5.41, 5.74) is 6.38. The van der Waals surface area contributed by atoms with E-state index < -0.39 is 0 Å². The maximum absolute atomic E-state index is 6.09. The summed E-state index contributed by atoms with van der Waals surface area (Å²) < 4.78 is 0. The van der Waals surface area contributed by atoms with Crippen LogP contribution < -0.4 is 5.73 Å². The highest BCUT2D eigenvalue weighted by Crippen LogP contribution is 2.40. The summed E-state index contributed by atoms with van der Waals surface area (Å²) in [5, 5.41) is 0. The normalized spacial score (nSPS) is 31.8. The lowest BCUT2D eigenvalue weighted by Gasteiger charge is -2.46. The van der Waals surface area contributed by atoms with Crippen LogP contribution in [0.15, 0.2) is 0 Å². The van der Waals surface area contributed by atoms with Crippen molar-refractivity contribution in [1.29, 1.82) is 0 Å². The van der Waals surface area contributed by atoms with Crippen LogP contribution in [-0.2, 0) is 0 Å². The second-order valence-electron chi connectivity index (χ2n) is 5.39. The van der Waals surface area contributed by atoms with E-state index in [4.69, 9.17) is 5.73 Å². The van der Waals surface area contributed by atoms with Crippen LogP contribution in [0.3, 0.4) is 0 Å². The van der Waals surface area contributed by atoms with Crippen molar-refractivity contribution in [2.24, 2.45) is 11.7 Å². The van der Waals surface area contributed by atoms with Crippen LogP contribution in [-0.4, -0.2) is 29.6 Å². The Morgan fingerprint density at radius 2 is 2.13 bits per heavy atom. The van der Waals surface area contributed by atoms with Gasteiger partial charge in [0.25, 0.3) is 0 Å². The van der Waals surface area contributed by atoms with Crippen molar-refractivity contribution in [3.8, 4) is 0 Å². The number of nitrogens with two attached hydrogens (primary N) is 1. The van der Waals surface area contributed by atoms with Gasteiger partial charge in [-0.25, -0.2) is 0 Å². The molecule has 0 aromatic carbocycles. The molecule has 2 unspecified atom stereocenters. The molecule has 1 fully saturated rings. The summed E-state index contributed by atoms with van der Waals surface area (Å²) in [4.78, 5) is 2.66. The first-order valence-electron chi connectivity index (χ1n) is 6.55. The van der Waals surface area contributed by atoms with Gasteiger partial charge in [-0.3, -0.25) is 4.90 Å². The van der Waals surface area contributed by atoms with E-state index in [0.717, 1.165) is 12.5 Å². The molecule has 2 heteroatoms. The van der Waals surface area contributed by atoms with Crippen molar-refractivity contribution in [1.82, 2.24) is 4.90 Å². The number of hydrogen-bond donors (Lipinski definition) is 1. The lowest BCUT2D eigenvalue weighted by atomic mass is 9.85. The smallest absolute Gasteiger partial charge is 0.0359 e. The Bertz CT molecular complexity index is 191. The average molecular weight is 212 g/mol. The van der Waals surface area contributed by atoms with Crippen LogP contribution in [0, 0.1) is 5.92 Å². The Balaban J connectivity index is 2.85. The highest BCUT2D eigenvalue weighted by Gasteiger charge is 2.44. The molecule has 15 heavy (non-hydrogen) atoms. The SMILES string of the molecule is CCCN(C(C)C)C1(CN)CCCC1C. The molecule has 1 saturated carbocycles. The largest absolute Gasteiger partial charge is 0.329 e. The molecule has 1 aliphatic rings. The zero-order valence-corrected chi connectivity index (χ0v) is 10.9. The van der Waals surface area contributed by atoms with Crippen LogP contribution in [0.5, 0.6) is 0 Å². The molecule has 0 radical (unpaired) electrons. The van der Waals surface area contributed by atoms with E-state index >= 15 is 0 Å². The van der Waals surface area contributed by atoms with Crippen LogP contribution in [0.4, 0.5) is 0 Å².